The van der Waals surface area contributed by atoms with Crippen LogP contribution in [0.25, 0.3) is 0 Å². The number of piperidine rings is 3. The number of benzene rings is 1. The van der Waals surface area contributed by atoms with Gasteiger partial charge in [0.25, 0.3) is 0 Å². The Balaban J connectivity index is 1.27. The molecule has 158 valence electrons. The normalized spacial score (nSPS) is 35.9. The topological polar surface area (TPSA) is 36.0 Å². The number of likely N-dealkylation sites (tertiary alicyclic amines) is 1. The summed E-state index contributed by atoms with van der Waals surface area (Å²) >= 11 is 0. The van der Waals surface area contributed by atoms with Crippen molar-refractivity contribution < 1.29 is 9.53 Å². The van der Waals surface area contributed by atoms with Gasteiger partial charge in [-0.1, -0.05) is 36.8 Å². The van der Waals surface area contributed by atoms with Gasteiger partial charge >= 0.3 is 0 Å². The summed E-state index contributed by atoms with van der Waals surface area (Å²) in [7, 11) is 2.06. The van der Waals surface area contributed by atoms with Crippen LogP contribution in [0.2, 0.25) is 0 Å². The summed E-state index contributed by atoms with van der Waals surface area (Å²) in [5.74, 6) is 1.56. The van der Waals surface area contributed by atoms with Crippen LogP contribution < -0.4 is 0 Å². The third-order valence-corrected chi connectivity index (χ3v) is 7.82. The minimum Gasteiger partial charge on any atom is -0.378 e. The zero-order chi connectivity index (χ0) is 19.8. The summed E-state index contributed by atoms with van der Waals surface area (Å²) < 4.78 is 5.62. The number of nitrogens with zero attached hydrogens (tertiary/aromatic N) is 3. The smallest absolute Gasteiger partial charge is 0.242 e. The van der Waals surface area contributed by atoms with E-state index in [4.69, 9.17) is 4.74 Å². The number of ether oxygens (including phenoxy) is 1. The largest absolute Gasteiger partial charge is 0.378 e. The standard InChI is InChI=1S/C24H35N3O2/c1-25-10-11-29-17-23(25)24(28)26-14-19-12-20(16-26)22-9-5-8-21(27(22)15-19)13-18-6-3-2-4-7-18/h2-4,6-7,19-23H,5,8-17H2,1H3/t19-,20+,21+,22-,23-/m0/s1. The lowest BCUT2D eigenvalue weighted by molar-refractivity contribution is -0.149. The van der Waals surface area contributed by atoms with Crippen LogP contribution in [0.3, 0.4) is 0 Å². The van der Waals surface area contributed by atoms with Crippen molar-refractivity contribution in [1.82, 2.24) is 14.7 Å². The van der Waals surface area contributed by atoms with Gasteiger partial charge in [-0.3, -0.25) is 14.6 Å². The van der Waals surface area contributed by atoms with E-state index in [-0.39, 0.29) is 6.04 Å². The van der Waals surface area contributed by atoms with Crippen molar-refractivity contribution >= 4 is 5.91 Å². The highest BCUT2D eigenvalue weighted by molar-refractivity contribution is 5.82. The summed E-state index contributed by atoms with van der Waals surface area (Å²) in [6.07, 6.45) is 6.42. The lowest BCUT2D eigenvalue weighted by Gasteiger charge is -2.55. The predicted molar refractivity (Wildman–Crippen MR) is 114 cm³/mol. The Bertz CT molecular complexity index is 711. The predicted octanol–water partition coefficient (Wildman–Crippen LogP) is 2.26. The van der Waals surface area contributed by atoms with Gasteiger partial charge < -0.3 is 9.64 Å². The van der Waals surface area contributed by atoms with Gasteiger partial charge in [0.2, 0.25) is 5.91 Å². The Labute approximate surface area is 175 Å². The molecule has 0 aliphatic carbocycles. The zero-order valence-corrected chi connectivity index (χ0v) is 17.7. The quantitative estimate of drug-likeness (QED) is 0.784. The van der Waals surface area contributed by atoms with Crippen LogP contribution in [-0.2, 0) is 16.0 Å². The summed E-state index contributed by atoms with van der Waals surface area (Å²) in [6.45, 7) is 5.19. The van der Waals surface area contributed by atoms with E-state index in [2.05, 4.69) is 52.1 Å². The molecule has 0 spiro atoms. The Morgan fingerprint density at radius 3 is 2.83 bits per heavy atom. The number of hydrogen-bond donors (Lipinski definition) is 0. The van der Waals surface area contributed by atoms with Crippen LogP contribution in [0.5, 0.6) is 0 Å². The SMILES string of the molecule is CN1CCOC[C@H]1C(=O)N1C[C@@H]2C[C@H](C1)[C@@H]1CCC[C@H](Cc3ccccc3)N1C2. The minimum atomic E-state index is -0.0872. The van der Waals surface area contributed by atoms with Gasteiger partial charge in [0.05, 0.1) is 13.2 Å². The molecule has 1 amide bonds. The Hall–Kier alpha value is -1.43. The van der Waals surface area contributed by atoms with E-state index < -0.39 is 0 Å². The van der Waals surface area contributed by atoms with Crippen LogP contribution in [0.15, 0.2) is 30.3 Å². The molecular formula is C24H35N3O2. The first kappa shape index (κ1) is 19.5. The first-order valence-electron chi connectivity index (χ1n) is 11.6. The van der Waals surface area contributed by atoms with Gasteiger partial charge in [0.1, 0.15) is 6.04 Å². The average molecular weight is 398 g/mol. The van der Waals surface area contributed by atoms with E-state index in [1.54, 1.807) is 0 Å². The van der Waals surface area contributed by atoms with Gasteiger partial charge in [-0.2, -0.15) is 0 Å². The molecule has 5 rings (SSSR count). The fraction of sp³-hybridized carbons (Fsp3) is 0.708. The molecule has 0 aromatic heterocycles. The van der Waals surface area contributed by atoms with Crippen molar-refractivity contribution in [2.24, 2.45) is 11.8 Å². The number of hydrogen-bond acceptors (Lipinski definition) is 4. The molecule has 0 unspecified atom stereocenters. The lowest BCUT2D eigenvalue weighted by Crippen LogP contribution is -2.64. The molecule has 5 heteroatoms. The number of rotatable bonds is 3. The molecule has 4 aliphatic rings. The molecule has 5 atom stereocenters. The van der Waals surface area contributed by atoms with Crippen LogP contribution in [0, 0.1) is 11.8 Å². The molecule has 1 aromatic carbocycles. The Kier molecular flexibility index (Phi) is 5.63. The molecule has 0 radical (unpaired) electrons. The summed E-state index contributed by atoms with van der Waals surface area (Å²) in [5.41, 5.74) is 1.46. The highest BCUT2D eigenvalue weighted by Crippen LogP contribution is 2.40. The monoisotopic (exact) mass is 397 g/mol. The molecule has 0 N–H and O–H groups in total. The molecule has 5 nitrogen and oxygen atoms in total. The summed E-state index contributed by atoms with van der Waals surface area (Å²) in [5, 5.41) is 0. The van der Waals surface area contributed by atoms with E-state index in [0.717, 1.165) is 26.2 Å². The third kappa shape index (κ3) is 3.97. The number of fused-ring (bicyclic) bond motifs is 4. The van der Waals surface area contributed by atoms with E-state index in [1.807, 2.05) is 0 Å². The van der Waals surface area contributed by atoms with E-state index in [9.17, 15) is 4.79 Å². The first-order chi connectivity index (χ1) is 14.2. The van der Waals surface area contributed by atoms with Crippen LogP contribution in [0.1, 0.15) is 31.2 Å². The molecule has 2 bridgehead atoms. The molecule has 0 saturated carbocycles. The number of morpholine rings is 1. The summed E-state index contributed by atoms with van der Waals surface area (Å²) in [4.78, 5) is 20.5. The maximum atomic E-state index is 13.3. The van der Waals surface area contributed by atoms with Gasteiger partial charge in [-0.05, 0) is 50.1 Å². The van der Waals surface area contributed by atoms with Crippen molar-refractivity contribution in [3.8, 4) is 0 Å². The second-order valence-electron chi connectivity index (χ2n) is 9.71. The molecule has 4 saturated heterocycles. The average Bonchev–Trinajstić information content (AvgIpc) is 2.75. The van der Waals surface area contributed by atoms with Crippen molar-refractivity contribution in [3.63, 3.8) is 0 Å². The molecule has 4 heterocycles. The molecule has 4 aliphatic heterocycles. The van der Waals surface area contributed by atoms with E-state index in [0.29, 0.717) is 36.4 Å². The van der Waals surface area contributed by atoms with Crippen LogP contribution >= 0.6 is 0 Å². The fourth-order valence-electron chi connectivity index (χ4n) is 6.35. The third-order valence-electron chi connectivity index (χ3n) is 7.82. The highest BCUT2D eigenvalue weighted by Gasteiger charge is 2.46. The van der Waals surface area contributed by atoms with Crippen molar-refractivity contribution in [2.75, 3.05) is 46.4 Å². The van der Waals surface area contributed by atoms with Crippen LogP contribution in [0.4, 0.5) is 0 Å². The van der Waals surface area contributed by atoms with Gasteiger partial charge in [0, 0.05) is 38.3 Å². The van der Waals surface area contributed by atoms with Gasteiger partial charge in [0.15, 0.2) is 0 Å². The van der Waals surface area contributed by atoms with E-state index in [1.165, 1.54) is 44.2 Å². The Morgan fingerprint density at radius 1 is 1.14 bits per heavy atom. The fourth-order valence-corrected chi connectivity index (χ4v) is 6.35. The highest BCUT2D eigenvalue weighted by atomic mass is 16.5. The van der Waals surface area contributed by atoms with E-state index >= 15 is 0 Å². The number of carbonyl (C=O) groups excluding carboxylic acids is 1. The lowest BCUT2D eigenvalue weighted by atomic mass is 9.74. The maximum Gasteiger partial charge on any atom is 0.242 e. The number of likely N-dealkylation sites (N-methyl/N-ethyl adjacent to an activating group) is 1. The molecular weight excluding hydrogens is 362 g/mol. The summed E-state index contributed by atoms with van der Waals surface area (Å²) in [6, 6.07) is 12.2. The minimum absolute atomic E-state index is 0.0872. The number of carbonyl (C=O) groups is 1. The van der Waals surface area contributed by atoms with Crippen molar-refractivity contribution in [3.05, 3.63) is 35.9 Å². The second kappa shape index (κ2) is 8.37. The zero-order valence-electron chi connectivity index (χ0n) is 17.7. The molecule has 29 heavy (non-hydrogen) atoms. The van der Waals surface area contributed by atoms with Crippen LogP contribution in [-0.4, -0.2) is 85.2 Å². The number of amides is 1. The maximum absolute atomic E-state index is 13.3. The van der Waals surface area contributed by atoms with Crippen molar-refractivity contribution in [1.29, 1.82) is 0 Å². The van der Waals surface area contributed by atoms with Crippen molar-refractivity contribution in [2.45, 2.75) is 50.2 Å². The first-order valence-corrected chi connectivity index (χ1v) is 11.6. The second-order valence-corrected chi connectivity index (χ2v) is 9.71. The van der Waals surface area contributed by atoms with Gasteiger partial charge in [-0.15, -0.1) is 0 Å². The molecule has 4 fully saturated rings. The molecule has 1 aromatic rings. The Morgan fingerprint density at radius 2 is 2.00 bits per heavy atom. The van der Waals surface area contributed by atoms with Gasteiger partial charge in [-0.25, -0.2) is 0 Å².